The summed E-state index contributed by atoms with van der Waals surface area (Å²) in [6.07, 6.45) is 0. The molecule has 0 radical (unpaired) electrons. The molecule has 1 amide bonds. The number of ether oxygens (including phenoxy) is 1. The quantitative estimate of drug-likeness (QED) is 0.811. The Morgan fingerprint density at radius 3 is 2.50 bits per heavy atom. The van der Waals surface area contributed by atoms with Gasteiger partial charge in [-0.1, -0.05) is 17.7 Å². The number of hydrogen-bond donors (Lipinski definition) is 1. The summed E-state index contributed by atoms with van der Waals surface area (Å²) in [5.74, 6) is 0.659. The van der Waals surface area contributed by atoms with Gasteiger partial charge in [0.05, 0.1) is 10.7 Å². The van der Waals surface area contributed by atoms with E-state index in [0.29, 0.717) is 5.56 Å². The van der Waals surface area contributed by atoms with Crippen LogP contribution in [0, 0.1) is 17.4 Å². The van der Waals surface area contributed by atoms with Crippen LogP contribution in [-0.2, 0) is 0 Å². The monoisotopic (exact) mass is 381 g/mol. The molecular formula is C16H16INO2. The van der Waals surface area contributed by atoms with E-state index in [1.807, 2.05) is 38.1 Å². The number of carbonyl (C=O) groups excluding carboxylic acids is 1. The number of benzene rings is 2. The lowest BCUT2D eigenvalue weighted by Gasteiger charge is -2.10. The van der Waals surface area contributed by atoms with Crippen LogP contribution >= 0.6 is 22.6 Å². The molecule has 2 aromatic carbocycles. The van der Waals surface area contributed by atoms with Gasteiger partial charge in [-0.2, -0.15) is 0 Å². The molecular weight excluding hydrogens is 365 g/mol. The first-order chi connectivity index (χ1) is 9.51. The molecule has 0 bridgehead atoms. The average Bonchev–Trinajstić information content (AvgIpc) is 2.41. The molecule has 0 aliphatic rings. The molecule has 0 saturated carbocycles. The zero-order valence-electron chi connectivity index (χ0n) is 11.7. The zero-order valence-corrected chi connectivity index (χ0v) is 13.8. The maximum Gasteiger partial charge on any atom is 0.255 e. The molecule has 0 aromatic heterocycles. The molecule has 0 spiro atoms. The Morgan fingerprint density at radius 1 is 1.15 bits per heavy atom. The van der Waals surface area contributed by atoms with Crippen molar-refractivity contribution in [3.05, 3.63) is 56.7 Å². The minimum absolute atomic E-state index is 0.113. The van der Waals surface area contributed by atoms with E-state index in [9.17, 15) is 4.79 Å². The number of rotatable bonds is 3. The Labute approximate surface area is 132 Å². The number of halogens is 1. The second-order valence-electron chi connectivity index (χ2n) is 4.62. The summed E-state index contributed by atoms with van der Waals surface area (Å²) in [6, 6.07) is 11.3. The minimum Gasteiger partial charge on any atom is -0.496 e. The minimum atomic E-state index is -0.113. The van der Waals surface area contributed by atoms with E-state index in [-0.39, 0.29) is 5.91 Å². The second-order valence-corrected chi connectivity index (χ2v) is 5.78. The number of nitrogens with one attached hydrogen (secondary N) is 1. The molecule has 0 aliphatic heterocycles. The van der Waals surface area contributed by atoms with E-state index in [4.69, 9.17) is 4.74 Å². The molecule has 0 atom stereocenters. The summed E-state index contributed by atoms with van der Waals surface area (Å²) in [6.45, 7) is 4.02. The average molecular weight is 381 g/mol. The van der Waals surface area contributed by atoms with Crippen molar-refractivity contribution >= 4 is 34.2 Å². The van der Waals surface area contributed by atoms with Crippen LogP contribution in [0.4, 0.5) is 5.69 Å². The fraction of sp³-hybridized carbons (Fsp3) is 0.188. The van der Waals surface area contributed by atoms with Crippen LogP contribution in [0.3, 0.4) is 0 Å². The van der Waals surface area contributed by atoms with Crippen molar-refractivity contribution in [2.45, 2.75) is 13.8 Å². The van der Waals surface area contributed by atoms with Crippen LogP contribution in [0.5, 0.6) is 5.75 Å². The molecule has 20 heavy (non-hydrogen) atoms. The summed E-state index contributed by atoms with van der Waals surface area (Å²) in [5.41, 5.74) is 3.70. The fourth-order valence-electron chi connectivity index (χ4n) is 1.96. The topological polar surface area (TPSA) is 38.3 Å². The van der Waals surface area contributed by atoms with Crippen molar-refractivity contribution in [3.63, 3.8) is 0 Å². The van der Waals surface area contributed by atoms with Crippen LogP contribution < -0.4 is 10.1 Å². The highest BCUT2D eigenvalue weighted by Gasteiger charge is 2.10. The maximum atomic E-state index is 12.2. The molecule has 0 aliphatic carbocycles. The van der Waals surface area contributed by atoms with Crippen molar-refractivity contribution < 1.29 is 9.53 Å². The fourth-order valence-corrected chi connectivity index (χ4v) is 2.69. The van der Waals surface area contributed by atoms with Crippen molar-refractivity contribution in [3.8, 4) is 5.75 Å². The van der Waals surface area contributed by atoms with Crippen LogP contribution in [0.2, 0.25) is 0 Å². The maximum absolute atomic E-state index is 12.2. The third-order valence-corrected chi connectivity index (χ3v) is 3.89. The highest BCUT2D eigenvalue weighted by molar-refractivity contribution is 14.1. The highest BCUT2D eigenvalue weighted by atomic mass is 127. The Kier molecular flexibility index (Phi) is 4.65. The molecule has 0 saturated heterocycles. The molecule has 0 heterocycles. The number of aryl methyl sites for hydroxylation is 2. The van der Waals surface area contributed by atoms with Crippen molar-refractivity contribution in [2.75, 3.05) is 12.4 Å². The predicted molar refractivity (Wildman–Crippen MR) is 89.6 cm³/mol. The molecule has 2 rings (SSSR count). The lowest BCUT2D eigenvalue weighted by Crippen LogP contribution is -2.13. The van der Waals surface area contributed by atoms with Gasteiger partial charge in [0.15, 0.2) is 0 Å². The first kappa shape index (κ1) is 14.8. The molecule has 0 unspecified atom stereocenters. The van der Waals surface area contributed by atoms with E-state index in [0.717, 1.165) is 20.6 Å². The number of anilines is 1. The number of amides is 1. The van der Waals surface area contributed by atoms with Gasteiger partial charge >= 0.3 is 0 Å². The lowest BCUT2D eigenvalue weighted by atomic mass is 10.1. The summed E-state index contributed by atoms with van der Waals surface area (Å²) >= 11 is 2.16. The van der Waals surface area contributed by atoms with E-state index < -0.39 is 0 Å². The molecule has 2 aromatic rings. The van der Waals surface area contributed by atoms with E-state index in [2.05, 4.69) is 27.9 Å². The van der Waals surface area contributed by atoms with Gasteiger partial charge in [-0.25, -0.2) is 0 Å². The van der Waals surface area contributed by atoms with Crippen LogP contribution in [0.1, 0.15) is 21.5 Å². The number of carbonyl (C=O) groups is 1. The van der Waals surface area contributed by atoms with Gasteiger partial charge in [0.2, 0.25) is 0 Å². The Hall–Kier alpha value is -1.56. The number of hydrogen-bond acceptors (Lipinski definition) is 2. The van der Waals surface area contributed by atoms with Gasteiger partial charge in [0.1, 0.15) is 5.75 Å². The molecule has 4 heteroatoms. The molecule has 1 N–H and O–H groups in total. The molecule has 104 valence electrons. The van der Waals surface area contributed by atoms with E-state index >= 15 is 0 Å². The smallest absolute Gasteiger partial charge is 0.255 e. The largest absolute Gasteiger partial charge is 0.496 e. The SMILES string of the molecule is COc1ccc(C(=O)Nc2ccc(C)cc2C)cc1I. The summed E-state index contributed by atoms with van der Waals surface area (Å²) < 4.78 is 6.11. The van der Waals surface area contributed by atoms with Crippen LogP contribution in [0.25, 0.3) is 0 Å². The first-order valence-corrected chi connectivity index (χ1v) is 7.31. The Bertz CT molecular complexity index is 653. The van der Waals surface area contributed by atoms with Gasteiger partial charge < -0.3 is 10.1 Å². The van der Waals surface area contributed by atoms with Crippen LogP contribution in [-0.4, -0.2) is 13.0 Å². The summed E-state index contributed by atoms with van der Waals surface area (Å²) in [4.78, 5) is 12.2. The van der Waals surface area contributed by atoms with Crippen molar-refractivity contribution in [1.29, 1.82) is 0 Å². The summed E-state index contributed by atoms with van der Waals surface area (Å²) in [5, 5.41) is 2.94. The lowest BCUT2D eigenvalue weighted by molar-refractivity contribution is 0.102. The summed E-state index contributed by atoms with van der Waals surface area (Å²) in [7, 11) is 1.62. The van der Waals surface area contributed by atoms with Crippen LogP contribution in [0.15, 0.2) is 36.4 Å². The predicted octanol–water partition coefficient (Wildman–Crippen LogP) is 4.17. The Balaban J connectivity index is 2.21. The van der Waals surface area contributed by atoms with E-state index in [1.165, 1.54) is 5.56 Å². The second kappa shape index (κ2) is 6.26. The number of methoxy groups -OCH3 is 1. The van der Waals surface area contributed by atoms with E-state index in [1.54, 1.807) is 19.2 Å². The van der Waals surface area contributed by atoms with Crippen molar-refractivity contribution in [2.24, 2.45) is 0 Å². The van der Waals surface area contributed by atoms with Gasteiger partial charge in [-0.3, -0.25) is 4.79 Å². The van der Waals surface area contributed by atoms with Gasteiger partial charge in [-0.05, 0) is 66.3 Å². The third kappa shape index (κ3) is 3.30. The van der Waals surface area contributed by atoms with Gasteiger partial charge in [0, 0.05) is 11.3 Å². The zero-order chi connectivity index (χ0) is 14.7. The molecule has 0 fully saturated rings. The highest BCUT2D eigenvalue weighted by Crippen LogP contribution is 2.23. The van der Waals surface area contributed by atoms with Crippen molar-refractivity contribution in [1.82, 2.24) is 0 Å². The third-order valence-electron chi connectivity index (χ3n) is 3.04. The first-order valence-electron chi connectivity index (χ1n) is 6.23. The Morgan fingerprint density at radius 2 is 1.90 bits per heavy atom. The molecule has 3 nitrogen and oxygen atoms in total. The van der Waals surface area contributed by atoms with Gasteiger partial charge in [0.25, 0.3) is 5.91 Å². The normalized spacial score (nSPS) is 10.2. The van der Waals surface area contributed by atoms with Gasteiger partial charge in [-0.15, -0.1) is 0 Å². The standard InChI is InChI=1S/C16H16INO2/c1-10-4-6-14(11(2)8-10)18-16(19)12-5-7-15(20-3)13(17)9-12/h4-9H,1-3H3,(H,18,19).